The van der Waals surface area contributed by atoms with Crippen LogP contribution in [0.5, 0.6) is 5.88 Å². The largest absolute Gasteiger partial charge is 0.481 e. The normalized spacial score (nSPS) is 14.1. The summed E-state index contributed by atoms with van der Waals surface area (Å²) >= 11 is 5.92. The standard InChI is InChI=1S/C14H13ClF2N4O/c1-14(16,17)13-19-11(6-12(20-13)22-2)21-4-3-8-7-18-10(15)5-9(8)21/h5-7H,3-4H2,1-2H3. The molecule has 0 spiro atoms. The number of alkyl halides is 2. The zero-order valence-corrected chi connectivity index (χ0v) is 12.7. The molecule has 0 saturated carbocycles. The number of rotatable bonds is 3. The van der Waals surface area contributed by atoms with Gasteiger partial charge in [0, 0.05) is 25.7 Å². The summed E-state index contributed by atoms with van der Waals surface area (Å²) in [5.74, 6) is -3.28. The highest BCUT2D eigenvalue weighted by Gasteiger charge is 2.31. The fourth-order valence-electron chi connectivity index (χ4n) is 2.34. The lowest BCUT2D eigenvalue weighted by Crippen LogP contribution is -2.19. The van der Waals surface area contributed by atoms with E-state index < -0.39 is 11.7 Å². The van der Waals surface area contributed by atoms with Crippen LogP contribution >= 0.6 is 11.6 Å². The molecular formula is C14H13ClF2N4O. The summed E-state index contributed by atoms with van der Waals surface area (Å²) in [4.78, 5) is 13.5. The van der Waals surface area contributed by atoms with E-state index >= 15 is 0 Å². The molecule has 5 nitrogen and oxygen atoms in total. The number of ether oxygens (including phenoxy) is 1. The number of aromatic nitrogens is 3. The highest BCUT2D eigenvalue weighted by atomic mass is 35.5. The Balaban J connectivity index is 2.09. The van der Waals surface area contributed by atoms with Crippen molar-refractivity contribution < 1.29 is 13.5 Å². The summed E-state index contributed by atoms with van der Waals surface area (Å²) in [5, 5.41) is 0.340. The molecule has 0 aliphatic carbocycles. The Labute approximate surface area is 130 Å². The number of hydrogen-bond donors (Lipinski definition) is 0. The molecular weight excluding hydrogens is 314 g/mol. The Morgan fingerprint density at radius 2 is 2.09 bits per heavy atom. The second kappa shape index (κ2) is 5.31. The van der Waals surface area contributed by atoms with Crippen LogP contribution in [-0.4, -0.2) is 28.6 Å². The Hall–Kier alpha value is -2.02. The van der Waals surface area contributed by atoms with Gasteiger partial charge in [0.1, 0.15) is 11.0 Å². The molecule has 3 heterocycles. The number of anilines is 2. The van der Waals surface area contributed by atoms with Gasteiger partial charge in [-0.1, -0.05) is 11.6 Å². The van der Waals surface area contributed by atoms with Gasteiger partial charge >= 0.3 is 5.92 Å². The Bertz CT molecular complexity index is 720. The molecule has 8 heteroatoms. The van der Waals surface area contributed by atoms with Crippen molar-refractivity contribution in [1.29, 1.82) is 0 Å². The number of pyridine rings is 1. The van der Waals surface area contributed by atoms with Crippen LogP contribution in [0.4, 0.5) is 20.3 Å². The van der Waals surface area contributed by atoms with Crippen LogP contribution < -0.4 is 9.64 Å². The molecule has 0 saturated heterocycles. The maximum Gasteiger partial charge on any atom is 0.304 e. The van der Waals surface area contributed by atoms with Crippen LogP contribution in [0.15, 0.2) is 18.3 Å². The van der Waals surface area contributed by atoms with Crippen LogP contribution in [-0.2, 0) is 12.3 Å². The molecule has 2 aromatic heterocycles. The van der Waals surface area contributed by atoms with E-state index in [1.807, 2.05) is 4.90 Å². The third-order valence-corrected chi connectivity index (χ3v) is 3.60. The summed E-state index contributed by atoms with van der Waals surface area (Å²) in [6.45, 7) is 1.36. The van der Waals surface area contributed by atoms with Crippen LogP contribution in [0, 0.1) is 0 Å². The van der Waals surface area contributed by atoms with Crippen molar-refractivity contribution in [2.24, 2.45) is 0 Å². The molecule has 0 fully saturated rings. The van der Waals surface area contributed by atoms with E-state index in [1.54, 1.807) is 12.3 Å². The van der Waals surface area contributed by atoms with Crippen molar-refractivity contribution in [3.05, 3.63) is 34.9 Å². The molecule has 116 valence electrons. The minimum atomic E-state index is -3.15. The first-order valence-electron chi connectivity index (χ1n) is 6.62. The molecule has 0 amide bonds. The van der Waals surface area contributed by atoms with E-state index in [0.717, 1.165) is 24.6 Å². The number of nitrogens with zero attached hydrogens (tertiary/aromatic N) is 4. The lowest BCUT2D eigenvalue weighted by molar-refractivity contribution is 0.00721. The molecule has 0 unspecified atom stereocenters. The van der Waals surface area contributed by atoms with Gasteiger partial charge in [-0.3, -0.25) is 0 Å². The van der Waals surface area contributed by atoms with Gasteiger partial charge in [0.2, 0.25) is 11.7 Å². The minimum Gasteiger partial charge on any atom is -0.481 e. The quantitative estimate of drug-likeness (QED) is 0.810. The molecule has 0 aromatic carbocycles. The van der Waals surface area contributed by atoms with Crippen molar-refractivity contribution in [3.8, 4) is 5.88 Å². The topological polar surface area (TPSA) is 51.1 Å². The predicted octanol–water partition coefficient (Wildman–Crippen LogP) is 3.34. The second-order valence-corrected chi connectivity index (χ2v) is 5.41. The molecule has 3 rings (SSSR count). The lowest BCUT2D eigenvalue weighted by Gasteiger charge is -2.20. The molecule has 0 radical (unpaired) electrons. The molecule has 2 aromatic rings. The Morgan fingerprint density at radius 1 is 1.32 bits per heavy atom. The van der Waals surface area contributed by atoms with Gasteiger partial charge in [-0.05, 0) is 18.1 Å². The highest BCUT2D eigenvalue weighted by Crippen LogP contribution is 2.36. The average molecular weight is 327 g/mol. The number of hydrogen-bond acceptors (Lipinski definition) is 5. The predicted molar refractivity (Wildman–Crippen MR) is 78.1 cm³/mol. The number of halogens is 3. The third-order valence-electron chi connectivity index (χ3n) is 3.39. The number of methoxy groups -OCH3 is 1. The average Bonchev–Trinajstić information content (AvgIpc) is 2.88. The van der Waals surface area contributed by atoms with E-state index in [-0.39, 0.29) is 5.88 Å². The molecule has 22 heavy (non-hydrogen) atoms. The van der Waals surface area contributed by atoms with Gasteiger partial charge in [-0.15, -0.1) is 0 Å². The fourth-order valence-corrected chi connectivity index (χ4v) is 2.49. The molecule has 1 aliphatic rings. The first-order chi connectivity index (χ1) is 10.4. The van der Waals surface area contributed by atoms with Gasteiger partial charge in [-0.2, -0.15) is 13.8 Å². The molecule has 1 aliphatic heterocycles. The first kappa shape index (κ1) is 14.9. The van der Waals surface area contributed by atoms with Crippen LogP contribution in [0.1, 0.15) is 18.3 Å². The van der Waals surface area contributed by atoms with Gasteiger partial charge < -0.3 is 9.64 Å². The van der Waals surface area contributed by atoms with Gasteiger partial charge in [0.05, 0.1) is 12.8 Å². The molecule has 0 atom stereocenters. The number of fused-ring (bicyclic) bond motifs is 1. The maximum absolute atomic E-state index is 13.6. The first-order valence-corrected chi connectivity index (χ1v) is 6.99. The van der Waals surface area contributed by atoms with Gasteiger partial charge in [-0.25, -0.2) is 9.97 Å². The summed E-state index contributed by atoms with van der Waals surface area (Å²) in [5.41, 5.74) is 1.80. The SMILES string of the molecule is COc1cc(N2CCc3cnc(Cl)cc32)nc(C(C)(F)F)n1. The van der Waals surface area contributed by atoms with Crippen molar-refractivity contribution >= 4 is 23.1 Å². The van der Waals surface area contributed by atoms with Gasteiger partial charge in [0.25, 0.3) is 0 Å². The zero-order valence-electron chi connectivity index (χ0n) is 12.0. The van der Waals surface area contributed by atoms with E-state index in [9.17, 15) is 8.78 Å². The summed E-state index contributed by atoms with van der Waals surface area (Å²) in [7, 11) is 1.38. The van der Waals surface area contributed by atoms with Gasteiger partial charge in [0.15, 0.2) is 0 Å². The third kappa shape index (κ3) is 2.68. The minimum absolute atomic E-state index is 0.0927. The van der Waals surface area contributed by atoms with E-state index in [1.165, 1.54) is 13.2 Å². The van der Waals surface area contributed by atoms with E-state index in [0.29, 0.717) is 17.5 Å². The van der Waals surface area contributed by atoms with Crippen LogP contribution in [0.2, 0.25) is 5.15 Å². The fraction of sp³-hybridized carbons (Fsp3) is 0.357. The van der Waals surface area contributed by atoms with Crippen LogP contribution in [0.3, 0.4) is 0 Å². The molecule has 0 bridgehead atoms. The van der Waals surface area contributed by atoms with E-state index in [4.69, 9.17) is 16.3 Å². The van der Waals surface area contributed by atoms with E-state index in [2.05, 4.69) is 15.0 Å². The second-order valence-electron chi connectivity index (χ2n) is 5.02. The summed E-state index contributed by atoms with van der Waals surface area (Å²) in [6, 6.07) is 3.22. The van der Waals surface area contributed by atoms with Crippen molar-refractivity contribution in [1.82, 2.24) is 15.0 Å². The lowest BCUT2D eigenvalue weighted by atomic mass is 10.2. The summed E-state index contributed by atoms with van der Waals surface area (Å²) < 4.78 is 32.1. The van der Waals surface area contributed by atoms with Crippen LogP contribution in [0.25, 0.3) is 0 Å². The highest BCUT2D eigenvalue weighted by molar-refractivity contribution is 6.29. The Morgan fingerprint density at radius 3 is 2.77 bits per heavy atom. The van der Waals surface area contributed by atoms with Crippen molar-refractivity contribution in [2.45, 2.75) is 19.3 Å². The van der Waals surface area contributed by atoms with Crippen molar-refractivity contribution in [2.75, 3.05) is 18.6 Å². The smallest absolute Gasteiger partial charge is 0.304 e. The Kier molecular flexibility index (Phi) is 3.60. The zero-order chi connectivity index (χ0) is 15.9. The van der Waals surface area contributed by atoms with Crippen molar-refractivity contribution in [3.63, 3.8) is 0 Å². The summed E-state index contributed by atoms with van der Waals surface area (Å²) in [6.07, 6.45) is 2.43. The monoisotopic (exact) mass is 326 g/mol. The molecule has 0 N–H and O–H groups in total. The maximum atomic E-state index is 13.6.